The van der Waals surface area contributed by atoms with Crippen molar-refractivity contribution in [3.63, 3.8) is 0 Å². The van der Waals surface area contributed by atoms with Crippen molar-refractivity contribution in [2.45, 2.75) is 77.9 Å². The molecule has 7 nitrogen and oxygen atoms in total. The molecule has 0 saturated heterocycles. The molecule has 2 aliphatic carbocycles. The van der Waals surface area contributed by atoms with Crippen LogP contribution in [0.4, 0.5) is 5.13 Å². The number of thiazole rings is 1. The highest BCUT2D eigenvalue weighted by molar-refractivity contribution is 7.15. The van der Waals surface area contributed by atoms with Crippen LogP contribution in [0.5, 0.6) is 0 Å². The highest BCUT2D eigenvalue weighted by Crippen LogP contribution is 2.62. The van der Waals surface area contributed by atoms with Gasteiger partial charge in [0.15, 0.2) is 5.13 Å². The maximum absolute atomic E-state index is 13.2. The summed E-state index contributed by atoms with van der Waals surface area (Å²) in [6, 6.07) is 3.82. The molecule has 1 amide bonds. The monoisotopic (exact) mass is 486 g/mol. The number of nitrogens with zero attached hydrogens (tertiary/aromatic N) is 2. The summed E-state index contributed by atoms with van der Waals surface area (Å²) in [7, 11) is 0. The van der Waals surface area contributed by atoms with E-state index in [1.54, 1.807) is 23.7 Å². The van der Waals surface area contributed by atoms with Crippen LogP contribution in [0.1, 0.15) is 74.9 Å². The average molecular weight is 487 g/mol. The Hall–Kier alpha value is -2.03. The summed E-state index contributed by atoms with van der Waals surface area (Å²) in [6.45, 7) is 7.67. The van der Waals surface area contributed by atoms with Crippen molar-refractivity contribution in [1.29, 1.82) is 0 Å². The van der Waals surface area contributed by atoms with Gasteiger partial charge < -0.3 is 20.8 Å². The van der Waals surface area contributed by atoms with Crippen molar-refractivity contribution < 1.29 is 15.0 Å². The molecule has 2 aliphatic rings. The van der Waals surface area contributed by atoms with Gasteiger partial charge in [0.25, 0.3) is 0 Å². The minimum Gasteiger partial charge on any atom is -0.396 e. The van der Waals surface area contributed by atoms with Gasteiger partial charge >= 0.3 is 0 Å². The zero-order valence-electron chi connectivity index (χ0n) is 20.5. The lowest BCUT2D eigenvalue weighted by molar-refractivity contribution is -0.144. The fourth-order valence-corrected chi connectivity index (χ4v) is 7.15. The third-order valence-electron chi connectivity index (χ3n) is 8.30. The van der Waals surface area contributed by atoms with E-state index in [2.05, 4.69) is 29.5 Å². The topological polar surface area (TPSA) is 107 Å². The molecule has 4 N–H and O–H groups in total. The zero-order valence-corrected chi connectivity index (χ0v) is 21.3. The van der Waals surface area contributed by atoms with E-state index in [4.69, 9.17) is 4.98 Å². The van der Waals surface area contributed by atoms with Gasteiger partial charge in [0.2, 0.25) is 5.91 Å². The Morgan fingerprint density at radius 1 is 1.35 bits per heavy atom. The second kappa shape index (κ2) is 10.3. The number of aromatic nitrogens is 2. The third kappa shape index (κ3) is 4.72. The van der Waals surface area contributed by atoms with E-state index in [-0.39, 0.29) is 29.8 Å². The zero-order chi connectivity index (χ0) is 24.3. The summed E-state index contributed by atoms with van der Waals surface area (Å²) >= 11 is 1.67. The van der Waals surface area contributed by atoms with Crippen LogP contribution in [0.3, 0.4) is 0 Å². The van der Waals surface area contributed by atoms with Gasteiger partial charge in [0, 0.05) is 48.1 Å². The number of carbonyl (C=O) groups excluding carboxylic acids is 1. The van der Waals surface area contributed by atoms with Crippen LogP contribution in [-0.4, -0.2) is 45.3 Å². The maximum Gasteiger partial charge on any atom is 0.220 e. The minimum absolute atomic E-state index is 0.00741. The van der Waals surface area contributed by atoms with Gasteiger partial charge in [-0.2, -0.15) is 0 Å². The first-order valence-corrected chi connectivity index (χ1v) is 13.3. The third-order valence-corrected chi connectivity index (χ3v) is 9.35. The van der Waals surface area contributed by atoms with Crippen molar-refractivity contribution in [3.8, 4) is 0 Å². The SMILES string of the molecule is CCCCNc1nc2c(s1)CC1C(C)(CO)C(O)CCC1(C)C2CC(=O)NCc1cccnc1. The predicted molar refractivity (Wildman–Crippen MR) is 135 cm³/mol. The van der Waals surface area contributed by atoms with E-state index in [0.29, 0.717) is 19.4 Å². The molecule has 186 valence electrons. The number of aliphatic hydroxyl groups is 2. The fourth-order valence-electron chi connectivity index (χ4n) is 6.05. The lowest BCUT2D eigenvalue weighted by Gasteiger charge is -2.58. The molecule has 5 atom stereocenters. The van der Waals surface area contributed by atoms with E-state index in [1.165, 1.54) is 4.88 Å². The number of aliphatic hydroxyl groups excluding tert-OH is 2. The van der Waals surface area contributed by atoms with Crippen molar-refractivity contribution in [3.05, 3.63) is 40.7 Å². The minimum atomic E-state index is -0.602. The molecule has 34 heavy (non-hydrogen) atoms. The van der Waals surface area contributed by atoms with E-state index < -0.39 is 11.5 Å². The number of amides is 1. The summed E-state index contributed by atoms with van der Waals surface area (Å²) in [4.78, 5) is 23.5. The number of hydrogen-bond donors (Lipinski definition) is 4. The number of carbonyl (C=O) groups is 1. The molecule has 2 aromatic heterocycles. The van der Waals surface area contributed by atoms with Crippen molar-refractivity contribution in [2.24, 2.45) is 16.7 Å². The number of anilines is 1. The van der Waals surface area contributed by atoms with Gasteiger partial charge in [-0.25, -0.2) is 4.98 Å². The van der Waals surface area contributed by atoms with Gasteiger partial charge in [-0.15, -0.1) is 11.3 Å². The van der Waals surface area contributed by atoms with Crippen LogP contribution in [-0.2, 0) is 17.8 Å². The van der Waals surface area contributed by atoms with Gasteiger partial charge in [-0.1, -0.05) is 33.3 Å². The Balaban J connectivity index is 1.62. The number of nitrogens with one attached hydrogen (secondary N) is 2. The number of unbranched alkanes of at least 4 members (excludes halogenated alkanes) is 1. The average Bonchev–Trinajstić information content (AvgIpc) is 3.25. The number of fused-ring (bicyclic) bond motifs is 2. The Morgan fingerprint density at radius 3 is 2.88 bits per heavy atom. The standard InChI is InChI=1S/C26H38N4O3S/c1-4-5-11-28-24-30-23-18(12-22(33)29-15-17-7-6-10-27-14-17)25(2)9-8-21(32)26(3,16-31)20(25)13-19(23)34-24/h6-7,10,14,18,20-21,31-32H,4-5,8-9,11-13,15-16H2,1-3H3,(H,28,30)(H,29,33). The quantitative estimate of drug-likeness (QED) is 0.401. The second-order valence-electron chi connectivity index (χ2n) is 10.5. The highest BCUT2D eigenvalue weighted by atomic mass is 32.1. The van der Waals surface area contributed by atoms with Crippen LogP contribution in [0.25, 0.3) is 0 Å². The largest absolute Gasteiger partial charge is 0.396 e. The molecular weight excluding hydrogens is 448 g/mol. The molecule has 2 aromatic rings. The van der Waals surface area contributed by atoms with E-state index in [1.807, 2.05) is 19.1 Å². The molecule has 0 aromatic carbocycles. The van der Waals surface area contributed by atoms with E-state index in [9.17, 15) is 15.0 Å². The van der Waals surface area contributed by atoms with Gasteiger partial charge in [0.1, 0.15) is 0 Å². The molecular formula is C26H38N4O3S. The molecule has 2 heterocycles. The van der Waals surface area contributed by atoms with Gasteiger partial charge in [-0.05, 0) is 48.6 Å². The summed E-state index contributed by atoms with van der Waals surface area (Å²) in [5, 5.41) is 28.7. The second-order valence-corrected chi connectivity index (χ2v) is 11.6. The van der Waals surface area contributed by atoms with E-state index in [0.717, 1.165) is 48.6 Å². The Morgan fingerprint density at radius 2 is 2.18 bits per heavy atom. The Labute approximate surface area is 206 Å². The van der Waals surface area contributed by atoms with Crippen LogP contribution < -0.4 is 10.6 Å². The van der Waals surface area contributed by atoms with Gasteiger partial charge in [0.05, 0.1) is 18.4 Å². The summed E-state index contributed by atoms with van der Waals surface area (Å²) in [5.74, 6) is -0.000178. The van der Waals surface area contributed by atoms with Crippen LogP contribution in [0.15, 0.2) is 24.5 Å². The number of hydrogen-bond acceptors (Lipinski definition) is 7. The van der Waals surface area contributed by atoms with Crippen molar-refractivity contribution in [2.75, 3.05) is 18.5 Å². The predicted octanol–water partition coefficient (Wildman–Crippen LogP) is 3.87. The molecule has 8 heteroatoms. The van der Waals surface area contributed by atoms with Crippen LogP contribution >= 0.6 is 11.3 Å². The molecule has 0 spiro atoms. The number of pyridine rings is 1. The van der Waals surface area contributed by atoms with Gasteiger partial charge in [-0.3, -0.25) is 9.78 Å². The first-order valence-electron chi connectivity index (χ1n) is 12.5. The van der Waals surface area contributed by atoms with Crippen LogP contribution in [0, 0.1) is 16.7 Å². The summed E-state index contributed by atoms with van der Waals surface area (Å²) in [5.41, 5.74) is 1.16. The lowest BCUT2D eigenvalue weighted by atomic mass is 9.47. The number of rotatable bonds is 9. The molecule has 0 radical (unpaired) electrons. The Kier molecular flexibility index (Phi) is 7.60. The first kappa shape index (κ1) is 25.1. The summed E-state index contributed by atoms with van der Waals surface area (Å²) < 4.78 is 0. The smallest absolute Gasteiger partial charge is 0.220 e. The molecule has 5 unspecified atom stereocenters. The molecule has 0 bridgehead atoms. The maximum atomic E-state index is 13.2. The normalized spacial score (nSPS) is 30.3. The van der Waals surface area contributed by atoms with E-state index >= 15 is 0 Å². The van der Waals surface area contributed by atoms with Crippen LogP contribution in [0.2, 0.25) is 0 Å². The molecule has 4 rings (SSSR count). The first-order chi connectivity index (χ1) is 16.3. The highest BCUT2D eigenvalue weighted by Gasteiger charge is 2.59. The molecule has 0 aliphatic heterocycles. The Bertz CT molecular complexity index is 984. The molecule has 1 fully saturated rings. The van der Waals surface area contributed by atoms with Crippen molar-refractivity contribution >= 4 is 22.4 Å². The lowest BCUT2D eigenvalue weighted by Crippen LogP contribution is -2.57. The fraction of sp³-hybridized carbons (Fsp3) is 0.654. The summed E-state index contributed by atoms with van der Waals surface area (Å²) in [6.07, 6.45) is 7.69. The molecule has 1 saturated carbocycles. The van der Waals surface area contributed by atoms with Crippen molar-refractivity contribution in [1.82, 2.24) is 15.3 Å².